The van der Waals surface area contributed by atoms with Crippen molar-refractivity contribution in [2.75, 3.05) is 0 Å². The summed E-state index contributed by atoms with van der Waals surface area (Å²) in [5, 5.41) is 9.32. The lowest BCUT2D eigenvalue weighted by Crippen LogP contribution is -2.25. The molecule has 1 fully saturated rings. The van der Waals surface area contributed by atoms with Gasteiger partial charge in [0, 0.05) is 23.2 Å². The quantitative estimate of drug-likeness (QED) is 0.206. The minimum Gasteiger partial charge on any atom is -0.406 e. The lowest BCUT2D eigenvalue weighted by atomic mass is 9.79. The fraction of sp³-hybridized carbons (Fsp3) is 0.250. The van der Waals surface area contributed by atoms with E-state index in [1.807, 2.05) is 36.6 Å². The SMILES string of the molecule is Cc1ccc(-n2c(C)csc2=NC(=O)NCc2ccc(-c3ncn(-c4ccc(OC(F)(F)F)cc4)n3)cc2)c(C2CCC2)c1. The molecule has 0 unspecified atom stereocenters. The van der Waals surface area contributed by atoms with Gasteiger partial charge in [-0.3, -0.25) is 4.57 Å². The van der Waals surface area contributed by atoms with E-state index in [9.17, 15) is 18.0 Å². The number of hydrogen-bond acceptors (Lipinski definition) is 5. The molecule has 0 spiro atoms. The lowest BCUT2D eigenvalue weighted by Gasteiger charge is -2.28. The molecule has 44 heavy (non-hydrogen) atoms. The Labute approximate surface area is 255 Å². The van der Waals surface area contributed by atoms with Crippen molar-refractivity contribution in [3.8, 4) is 28.5 Å². The van der Waals surface area contributed by atoms with Gasteiger partial charge in [0.05, 0.1) is 11.4 Å². The number of rotatable bonds is 7. The van der Waals surface area contributed by atoms with E-state index in [1.54, 1.807) is 0 Å². The second-order valence-electron chi connectivity index (χ2n) is 10.7. The average molecular weight is 619 g/mol. The van der Waals surface area contributed by atoms with E-state index in [0.717, 1.165) is 22.5 Å². The number of aromatic nitrogens is 4. The average Bonchev–Trinajstić information content (AvgIpc) is 3.58. The van der Waals surface area contributed by atoms with Crippen LogP contribution in [0.4, 0.5) is 18.0 Å². The highest BCUT2D eigenvalue weighted by molar-refractivity contribution is 7.07. The number of thiazole rings is 1. The van der Waals surface area contributed by atoms with Crippen LogP contribution < -0.4 is 14.9 Å². The number of alkyl halides is 3. The first-order chi connectivity index (χ1) is 21.1. The third kappa shape index (κ3) is 6.60. The number of hydrogen-bond donors (Lipinski definition) is 1. The number of ether oxygens (including phenoxy) is 1. The van der Waals surface area contributed by atoms with Crippen LogP contribution in [0.15, 0.2) is 83.4 Å². The van der Waals surface area contributed by atoms with Gasteiger partial charge in [0.2, 0.25) is 0 Å². The summed E-state index contributed by atoms with van der Waals surface area (Å²) in [6.07, 6.45) is 0.338. The van der Waals surface area contributed by atoms with Crippen LogP contribution in [0.5, 0.6) is 5.75 Å². The van der Waals surface area contributed by atoms with E-state index in [4.69, 9.17) is 0 Å². The monoisotopic (exact) mass is 618 g/mol. The van der Waals surface area contributed by atoms with Crippen LogP contribution in [0.1, 0.15) is 47.6 Å². The number of amides is 2. The van der Waals surface area contributed by atoms with Crippen molar-refractivity contribution >= 4 is 17.4 Å². The van der Waals surface area contributed by atoms with Crippen LogP contribution in [-0.2, 0) is 6.54 Å². The Morgan fingerprint density at radius 3 is 2.50 bits per heavy atom. The summed E-state index contributed by atoms with van der Waals surface area (Å²) in [4.78, 5) is 22.2. The van der Waals surface area contributed by atoms with Crippen LogP contribution in [0.3, 0.4) is 0 Å². The molecule has 6 rings (SSSR count). The molecule has 0 radical (unpaired) electrons. The fourth-order valence-electron chi connectivity index (χ4n) is 5.08. The minimum absolute atomic E-state index is 0.291. The fourth-order valence-corrected chi connectivity index (χ4v) is 5.95. The van der Waals surface area contributed by atoms with Gasteiger partial charge in [0.15, 0.2) is 10.6 Å². The molecule has 1 saturated carbocycles. The summed E-state index contributed by atoms with van der Waals surface area (Å²) in [7, 11) is 0. The maximum atomic E-state index is 12.9. The molecule has 0 aliphatic heterocycles. The highest BCUT2D eigenvalue weighted by Crippen LogP contribution is 2.39. The first kappa shape index (κ1) is 29.4. The number of halogens is 3. The van der Waals surface area contributed by atoms with Gasteiger partial charge in [0.25, 0.3) is 0 Å². The molecule has 1 aliphatic rings. The Morgan fingerprint density at radius 2 is 1.82 bits per heavy atom. The number of aryl methyl sites for hydroxylation is 2. The first-order valence-electron chi connectivity index (χ1n) is 14.1. The van der Waals surface area contributed by atoms with Gasteiger partial charge in [-0.2, -0.15) is 4.99 Å². The molecule has 3 aromatic carbocycles. The lowest BCUT2D eigenvalue weighted by molar-refractivity contribution is -0.274. The van der Waals surface area contributed by atoms with Gasteiger partial charge >= 0.3 is 12.4 Å². The molecule has 8 nitrogen and oxygen atoms in total. The number of nitrogens with one attached hydrogen (secondary N) is 1. The second kappa shape index (κ2) is 12.1. The molecular formula is C32H29F3N6O2S. The summed E-state index contributed by atoms with van der Waals surface area (Å²) in [5.74, 6) is 0.672. The molecule has 0 saturated heterocycles. The number of carbonyl (C=O) groups is 1. The highest BCUT2D eigenvalue weighted by Gasteiger charge is 2.31. The Bertz CT molecular complexity index is 1850. The topological polar surface area (TPSA) is 86.3 Å². The summed E-state index contributed by atoms with van der Waals surface area (Å²) < 4.78 is 44.7. The van der Waals surface area contributed by atoms with Gasteiger partial charge in [-0.05, 0) is 74.1 Å². The smallest absolute Gasteiger partial charge is 0.406 e. The standard InChI is InChI=1S/C32H29F3N6O2S/c1-20-6-15-28(27(16-20)23-4-3-5-23)41-21(2)18-44-31(41)38-30(42)36-17-22-7-9-24(10-8-22)29-37-19-40(39-29)25-11-13-26(14-12-25)43-32(33,34)35/h6-16,18-19,23H,3-5,17H2,1-2H3,(H,36,42). The zero-order chi connectivity index (χ0) is 30.8. The van der Waals surface area contributed by atoms with Crippen molar-refractivity contribution in [2.45, 2.75) is 51.9 Å². The maximum Gasteiger partial charge on any atom is 0.573 e. The third-order valence-corrected chi connectivity index (χ3v) is 8.47. The van der Waals surface area contributed by atoms with E-state index >= 15 is 0 Å². The Balaban J connectivity index is 1.11. The van der Waals surface area contributed by atoms with Crippen LogP contribution >= 0.6 is 11.3 Å². The Kier molecular flexibility index (Phi) is 8.09. The number of nitrogens with zero attached hydrogens (tertiary/aromatic N) is 5. The van der Waals surface area contributed by atoms with Crippen molar-refractivity contribution in [2.24, 2.45) is 4.99 Å². The van der Waals surface area contributed by atoms with E-state index in [1.165, 1.54) is 77.0 Å². The van der Waals surface area contributed by atoms with Crippen molar-refractivity contribution in [3.05, 3.63) is 106 Å². The van der Waals surface area contributed by atoms with E-state index in [0.29, 0.717) is 28.8 Å². The minimum atomic E-state index is -4.75. The van der Waals surface area contributed by atoms with Gasteiger partial charge < -0.3 is 10.1 Å². The predicted molar refractivity (Wildman–Crippen MR) is 161 cm³/mol. The molecule has 0 bridgehead atoms. The van der Waals surface area contributed by atoms with Crippen LogP contribution in [-0.4, -0.2) is 31.7 Å². The summed E-state index contributed by atoms with van der Waals surface area (Å²) >= 11 is 1.44. The van der Waals surface area contributed by atoms with E-state index < -0.39 is 12.4 Å². The van der Waals surface area contributed by atoms with Crippen molar-refractivity contribution in [3.63, 3.8) is 0 Å². The molecule has 2 heterocycles. The zero-order valence-corrected chi connectivity index (χ0v) is 24.8. The van der Waals surface area contributed by atoms with Gasteiger partial charge in [-0.25, -0.2) is 14.5 Å². The van der Waals surface area contributed by atoms with Crippen molar-refractivity contribution < 1.29 is 22.7 Å². The van der Waals surface area contributed by atoms with Crippen molar-refractivity contribution in [1.82, 2.24) is 24.6 Å². The summed E-state index contributed by atoms with van der Waals surface area (Å²) in [5.41, 5.74) is 6.81. The van der Waals surface area contributed by atoms with Crippen LogP contribution in [0, 0.1) is 13.8 Å². The number of urea groups is 1. The van der Waals surface area contributed by atoms with Crippen LogP contribution in [0.25, 0.3) is 22.8 Å². The summed E-state index contributed by atoms with van der Waals surface area (Å²) in [6.45, 7) is 4.42. The largest absolute Gasteiger partial charge is 0.573 e. The molecule has 226 valence electrons. The van der Waals surface area contributed by atoms with E-state index in [2.05, 4.69) is 54.8 Å². The number of benzene rings is 3. The zero-order valence-electron chi connectivity index (χ0n) is 24.0. The normalized spacial score (nSPS) is 14.0. The Hall–Kier alpha value is -4.71. The molecule has 0 atom stereocenters. The predicted octanol–water partition coefficient (Wildman–Crippen LogP) is 7.38. The highest BCUT2D eigenvalue weighted by atomic mass is 32.1. The molecule has 1 aliphatic carbocycles. The summed E-state index contributed by atoms with van der Waals surface area (Å²) in [6, 6.07) is 18.8. The molecule has 2 aromatic heterocycles. The molecule has 1 N–H and O–H groups in total. The molecular weight excluding hydrogens is 589 g/mol. The maximum absolute atomic E-state index is 12.9. The van der Waals surface area contributed by atoms with Gasteiger partial charge in [-0.15, -0.1) is 29.6 Å². The molecule has 5 aromatic rings. The second-order valence-corrected chi connectivity index (χ2v) is 11.5. The third-order valence-electron chi connectivity index (χ3n) is 7.53. The number of carbonyl (C=O) groups excluding carboxylic acids is 1. The van der Waals surface area contributed by atoms with E-state index in [-0.39, 0.29) is 5.75 Å². The van der Waals surface area contributed by atoms with Gasteiger partial charge in [0.1, 0.15) is 12.1 Å². The van der Waals surface area contributed by atoms with Crippen LogP contribution in [0.2, 0.25) is 0 Å². The van der Waals surface area contributed by atoms with Gasteiger partial charge in [-0.1, -0.05) is 48.4 Å². The Morgan fingerprint density at radius 1 is 1.07 bits per heavy atom. The first-order valence-corrected chi connectivity index (χ1v) is 15.0. The molecule has 2 amide bonds. The molecule has 12 heteroatoms. The van der Waals surface area contributed by atoms with Crippen molar-refractivity contribution in [1.29, 1.82) is 0 Å².